The van der Waals surface area contributed by atoms with Crippen LogP contribution in [-0.2, 0) is 0 Å². The van der Waals surface area contributed by atoms with Gasteiger partial charge in [0.2, 0.25) is 0 Å². The van der Waals surface area contributed by atoms with Crippen molar-refractivity contribution in [3.63, 3.8) is 0 Å². The van der Waals surface area contributed by atoms with Crippen LogP contribution in [0.15, 0.2) is 18.3 Å². The Kier molecular flexibility index (Phi) is 10.0. The second-order valence-electron chi connectivity index (χ2n) is 8.76. The summed E-state index contributed by atoms with van der Waals surface area (Å²) in [5.41, 5.74) is 2.55. The second kappa shape index (κ2) is 12.3. The van der Waals surface area contributed by atoms with Crippen LogP contribution in [0.4, 0.5) is 5.82 Å². The average molecular weight is 386 g/mol. The summed E-state index contributed by atoms with van der Waals surface area (Å²) in [6.45, 7) is 17.4. The summed E-state index contributed by atoms with van der Waals surface area (Å²) in [7, 11) is 0. The van der Waals surface area contributed by atoms with E-state index in [1.54, 1.807) is 0 Å². The Labute approximate surface area is 174 Å². The Balaban J connectivity index is 1.80. The topological polar surface area (TPSA) is 19.4 Å². The molecule has 1 saturated heterocycles. The van der Waals surface area contributed by atoms with Crippen LogP contribution in [0.3, 0.4) is 0 Å². The monoisotopic (exact) mass is 385 g/mol. The highest BCUT2D eigenvalue weighted by atomic mass is 15.2. The van der Waals surface area contributed by atoms with Gasteiger partial charge in [-0.15, -0.1) is 0 Å². The van der Waals surface area contributed by atoms with Crippen molar-refractivity contribution in [3.8, 4) is 0 Å². The predicted octanol–water partition coefficient (Wildman–Crippen LogP) is 6.18. The minimum absolute atomic E-state index is 0.858. The van der Waals surface area contributed by atoms with E-state index in [0.29, 0.717) is 0 Å². The third-order valence-corrected chi connectivity index (χ3v) is 6.44. The van der Waals surface area contributed by atoms with Crippen molar-refractivity contribution in [3.05, 3.63) is 29.5 Å². The van der Waals surface area contributed by atoms with E-state index < -0.39 is 0 Å². The lowest BCUT2D eigenvalue weighted by Gasteiger charge is -2.34. The fraction of sp³-hybridized carbons (Fsp3) is 0.720. The molecule has 1 aliphatic heterocycles. The number of anilines is 1. The van der Waals surface area contributed by atoms with Crippen LogP contribution in [0.25, 0.3) is 6.08 Å². The first-order valence-corrected chi connectivity index (χ1v) is 11.6. The zero-order chi connectivity index (χ0) is 20.4. The predicted molar refractivity (Wildman–Crippen MR) is 124 cm³/mol. The summed E-state index contributed by atoms with van der Waals surface area (Å²) >= 11 is 0. The quantitative estimate of drug-likeness (QED) is 0.453. The van der Waals surface area contributed by atoms with E-state index in [-0.39, 0.29) is 0 Å². The molecule has 3 heteroatoms. The van der Waals surface area contributed by atoms with Crippen LogP contribution in [-0.4, -0.2) is 42.6 Å². The highest BCUT2D eigenvalue weighted by Crippen LogP contribution is 2.26. The van der Waals surface area contributed by atoms with E-state index >= 15 is 0 Å². The number of hydrogen-bond acceptors (Lipinski definition) is 3. The van der Waals surface area contributed by atoms with E-state index in [2.05, 4.69) is 62.6 Å². The zero-order valence-corrected chi connectivity index (χ0v) is 19.1. The molecule has 0 aromatic carbocycles. The van der Waals surface area contributed by atoms with Gasteiger partial charge in [0, 0.05) is 19.3 Å². The molecule has 1 fully saturated rings. The number of pyridine rings is 1. The van der Waals surface area contributed by atoms with E-state index in [9.17, 15) is 0 Å². The lowest BCUT2D eigenvalue weighted by atomic mass is 9.93. The second-order valence-corrected chi connectivity index (χ2v) is 8.76. The van der Waals surface area contributed by atoms with E-state index in [0.717, 1.165) is 30.7 Å². The van der Waals surface area contributed by atoms with Crippen molar-refractivity contribution >= 4 is 11.9 Å². The fourth-order valence-corrected chi connectivity index (χ4v) is 4.13. The molecule has 0 bridgehead atoms. The van der Waals surface area contributed by atoms with Gasteiger partial charge in [0.1, 0.15) is 5.82 Å². The van der Waals surface area contributed by atoms with E-state index in [1.807, 2.05) is 6.20 Å². The summed E-state index contributed by atoms with van der Waals surface area (Å²) in [5.74, 6) is 2.88. The fourth-order valence-electron chi connectivity index (χ4n) is 4.13. The first kappa shape index (κ1) is 22.9. The number of piperidine rings is 1. The molecule has 28 heavy (non-hydrogen) atoms. The van der Waals surface area contributed by atoms with Crippen molar-refractivity contribution in [2.45, 2.75) is 73.1 Å². The van der Waals surface area contributed by atoms with Crippen molar-refractivity contribution in [2.75, 3.05) is 37.6 Å². The number of rotatable bonds is 11. The minimum Gasteiger partial charge on any atom is -0.357 e. The lowest BCUT2D eigenvalue weighted by molar-refractivity contribution is 0.225. The highest BCUT2D eigenvalue weighted by Gasteiger charge is 2.21. The smallest absolute Gasteiger partial charge is 0.129 e. The van der Waals surface area contributed by atoms with E-state index in [4.69, 9.17) is 4.98 Å². The van der Waals surface area contributed by atoms with Crippen molar-refractivity contribution in [2.24, 2.45) is 11.8 Å². The molecule has 2 rings (SSSR count). The summed E-state index contributed by atoms with van der Waals surface area (Å²) in [6, 6.07) is 2.26. The lowest BCUT2D eigenvalue weighted by Crippen LogP contribution is -2.36. The summed E-state index contributed by atoms with van der Waals surface area (Å²) in [5, 5.41) is 0. The molecule has 1 aromatic rings. The first-order valence-electron chi connectivity index (χ1n) is 11.6. The maximum absolute atomic E-state index is 4.70. The molecule has 0 amide bonds. The van der Waals surface area contributed by atoms with Crippen LogP contribution in [0.2, 0.25) is 0 Å². The molecule has 1 unspecified atom stereocenters. The molecule has 3 nitrogen and oxygen atoms in total. The number of aryl methyl sites for hydroxylation is 1. The van der Waals surface area contributed by atoms with Gasteiger partial charge >= 0.3 is 0 Å². The third-order valence-electron chi connectivity index (χ3n) is 6.44. The van der Waals surface area contributed by atoms with Gasteiger partial charge in [0.05, 0.1) is 0 Å². The van der Waals surface area contributed by atoms with Crippen molar-refractivity contribution in [1.29, 1.82) is 0 Å². The maximum atomic E-state index is 4.70. The molecule has 0 aliphatic carbocycles. The van der Waals surface area contributed by atoms with E-state index in [1.165, 1.54) is 69.3 Å². The Morgan fingerprint density at radius 1 is 1.21 bits per heavy atom. The van der Waals surface area contributed by atoms with Crippen LogP contribution < -0.4 is 4.90 Å². The first-order chi connectivity index (χ1) is 13.6. The van der Waals surface area contributed by atoms with Gasteiger partial charge in [-0.3, -0.25) is 0 Å². The molecule has 0 radical (unpaired) electrons. The molecule has 158 valence electrons. The van der Waals surface area contributed by atoms with Gasteiger partial charge in [0.15, 0.2) is 0 Å². The Hall–Kier alpha value is -1.35. The van der Waals surface area contributed by atoms with Gasteiger partial charge in [-0.1, -0.05) is 39.3 Å². The Morgan fingerprint density at radius 2 is 1.96 bits per heavy atom. The van der Waals surface area contributed by atoms with Gasteiger partial charge in [0.25, 0.3) is 0 Å². The number of aromatic nitrogens is 1. The summed E-state index contributed by atoms with van der Waals surface area (Å²) < 4.78 is 0. The van der Waals surface area contributed by atoms with Crippen LogP contribution in [0.5, 0.6) is 0 Å². The molecular weight excluding hydrogens is 342 g/mol. The maximum Gasteiger partial charge on any atom is 0.129 e. The van der Waals surface area contributed by atoms with Crippen molar-refractivity contribution in [1.82, 2.24) is 9.88 Å². The van der Waals surface area contributed by atoms with Gasteiger partial charge in [-0.25, -0.2) is 4.98 Å². The SMILES string of the molecule is C/C=C\c1cc(N2CCC(CCN(CCC)CCC(C)CC)CC2)ncc1C. The van der Waals surface area contributed by atoms with Gasteiger partial charge in [-0.2, -0.15) is 0 Å². The van der Waals surface area contributed by atoms with Crippen LogP contribution >= 0.6 is 0 Å². The number of allylic oxidation sites excluding steroid dienone is 1. The number of hydrogen-bond donors (Lipinski definition) is 0. The molecule has 0 N–H and O–H groups in total. The Bertz CT molecular complexity index is 587. The van der Waals surface area contributed by atoms with Gasteiger partial charge < -0.3 is 9.80 Å². The third kappa shape index (κ3) is 7.24. The molecule has 1 aliphatic rings. The standard InChI is InChI=1S/C25H43N3/c1-6-9-24-19-25(26-20-22(24)5)28-17-12-23(13-18-28)11-16-27(14-7-2)15-10-21(4)8-3/h6,9,19-21,23H,7-8,10-18H2,1-5H3/b9-6-. The van der Waals surface area contributed by atoms with Gasteiger partial charge in [-0.05, 0) is 94.6 Å². The van der Waals surface area contributed by atoms with Crippen LogP contribution in [0.1, 0.15) is 77.3 Å². The minimum atomic E-state index is 0.858. The number of nitrogens with zero attached hydrogens (tertiary/aromatic N) is 3. The normalized spacial score (nSPS) is 17.0. The molecule has 1 aromatic heterocycles. The largest absolute Gasteiger partial charge is 0.357 e. The highest BCUT2D eigenvalue weighted by molar-refractivity contribution is 5.58. The summed E-state index contributed by atoms with van der Waals surface area (Å²) in [6.07, 6.45) is 14.2. The van der Waals surface area contributed by atoms with Crippen LogP contribution in [0, 0.1) is 18.8 Å². The summed E-state index contributed by atoms with van der Waals surface area (Å²) in [4.78, 5) is 9.89. The average Bonchev–Trinajstić information content (AvgIpc) is 2.72. The zero-order valence-electron chi connectivity index (χ0n) is 19.1. The van der Waals surface area contributed by atoms with Crippen molar-refractivity contribution < 1.29 is 0 Å². The Morgan fingerprint density at radius 3 is 2.61 bits per heavy atom. The molecule has 0 saturated carbocycles. The molecule has 0 spiro atoms. The molecular formula is C25H43N3. The molecule has 1 atom stereocenters. The molecule has 2 heterocycles.